The molecule has 0 amide bonds. The number of hydrogen-bond donors (Lipinski definition) is 2. The minimum absolute atomic E-state index is 0.0581. The summed E-state index contributed by atoms with van der Waals surface area (Å²) in [7, 11) is 0. The highest BCUT2D eigenvalue weighted by molar-refractivity contribution is 6.01. The average molecular weight is 461 g/mol. The molecule has 4 rings (SSSR count). The fraction of sp³-hybridized carbons (Fsp3) is 0.680. The van der Waals surface area contributed by atoms with Crippen LogP contribution in [0.1, 0.15) is 53.4 Å². The van der Waals surface area contributed by atoms with Crippen LogP contribution < -0.4 is 0 Å². The zero-order valence-electron chi connectivity index (χ0n) is 19.5. The van der Waals surface area contributed by atoms with E-state index in [-0.39, 0.29) is 36.4 Å². The Morgan fingerprint density at radius 1 is 1.18 bits per heavy atom. The summed E-state index contributed by atoms with van der Waals surface area (Å²) in [4.78, 5) is 48.4. The van der Waals surface area contributed by atoms with E-state index in [4.69, 9.17) is 9.47 Å². The van der Waals surface area contributed by atoms with Crippen LogP contribution in [-0.2, 0) is 28.7 Å². The van der Waals surface area contributed by atoms with Gasteiger partial charge in [-0.2, -0.15) is 0 Å². The molecule has 8 nitrogen and oxygen atoms in total. The molecule has 8 atom stereocenters. The highest BCUT2D eigenvalue weighted by Gasteiger charge is 2.72. The first kappa shape index (κ1) is 23.8. The molecule has 0 aromatic rings. The van der Waals surface area contributed by atoms with Crippen molar-refractivity contribution in [1.82, 2.24) is 0 Å². The quantitative estimate of drug-likeness (QED) is 0.607. The predicted molar refractivity (Wildman–Crippen MR) is 116 cm³/mol. The normalized spacial score (nSPS) is 43.6. The third-order valence-corrected chi connectivity index (χ3v) is 8.83. The lowest BCUT2D eigenvalue weighted by atomic mass is 9.46. The summed E-state index contributed by atoms with van der Waals surface area (Å²) in [5.74, 6) is -2.55. The number of ketones is 2. The predicted octanol–water partition coefficient (Wildman–Crippen LogP) is 1.67. The molecule has 0 bridgehead atoms. The monoisotopic (exact) mass is 460 g/mol. The van der Waals surface area contributed by atoms with Gasteiger partial charge in [0.2, 0.25) is 5.78 Å². The van der Waals surface area contributed by atoms with Crippen LogP contribution in [0.3, 0.4) is 0 Å². The van der Waals surface area contributed by atoms with Gasteiger partial charge in [-0.15, -0.1) is 0 Å². The maximum atomic E-state index is 13.3. The number of rotatable bonds is 4. The molecule has 0 spiro atoms. The van der Waals surface area contributed by atoms with Crippen LogP contribution >= 0.6 is 0 Å². The molecule has 0 heterocycles. The van der Waals surface area contributed by atoms with E-state index < -0.39 is 53.0 Å². The number of Topliss-reactive ketones (excluding diaryl/α,β-unsaturated/α-hetero) is 1. The fourth-order valence-corrected chi connectivity index (χ4v) is 7.42. The number of carbonyl (C=O) groups is 4. The topological polar surface area (TPSA) is 127 Å². The van der Waals surface area contributed by atoms with Crippen LogP contribution in [0, 0.1) is 28.6 Å². The molecule has 3 fully saturated rings. The summed E-state index contributed by atoms with van der Waals surface area (Å²) in [5, 5.41) is 23.3. The van der Waals surface area contributed by atoms with E-state index in [1.807, 2.05) is 13.0 Å². The summed E-state index contributed by atoms with van der Waals surface area (Å²) >= 11 is 0. The van der Waals surface area contributed by atoms with Crippen LogP contribution in [0.25, 0.3) is 0 Å². The first-order valence-electron chi connectivity index (χ1n) is 11.5. The van der Waals surface area contributed by atoms with Crippen LogP contribution in [0.4, 0.5) is 0 Å². The van der Waals surface area contributed by atoms with Crippen molar-refractivity contribution >= 4 is 23.5 Å². The van der Waals surface area contributed by atoms with Gasteiger partial charge in [0.1, 0.15) is 6.10 Å². The van der Waals surface area contributed by atoms with Crippen molar-refractivity contribution in [2.45, 2.75) is 71.2 Å². The standard InChI is InChI=1S/C25H32O8/c1-13(26)32-12-20(30)25(31)21(33-14(2)27)10-18-17-6-5-15-9-16(28)7-8-23(15,3)22(17)19(29)11-24(18,25)4/h7-9,17-19,21-22,29,31H,5-6,10-12H2,1-4H3/t17-,18-,19+,21-,22+,23+,24+,25+/m1/s1. The maximum absolute atomic E-state index is 13.3. The van der Waals surface area contributed by atoms with Crippen molar-refractivity contribution in [3.05, 3.63) is 23.8 Å². The lowest BCUT2D eigenvalue weighted by Gasteiger charge is -2.59. The zero-order chi connectivity index (χ0) is 24.3. The number of esters is 2. The molecule has 180 valence electrons. The van der Waals surface area contributed by atoms with Gasteiger partial charge >= 0.3 is 11.9 Å². The van der Waals surface area contributed by atoms with Gasteiger partial charge in [-0.25, -0.2) is 0 Å². The Morgan fingerprint density at radius 3 is 2.52 bits per heavy atom. The van der Waals surface area contributed by atoms with E-state index in [9.17, 15) is 29.4 Å². The Balaban J connectivity index is 1.75. The summed E-state index contributed by atoms with van der Waals surface area (Å²) < 4.78 is 10.4. The minimum Gasteiger partial charge on any atom is -0.459 e. The van der Waals surface area contributed by atoms with Crippen LogP contribution in [0.2, 0.25) is 0 Å². The Bertz CT molecular complexity index is 965. The van der Waals surface area contributed by atoms with Gasteiger partial charge in [0.25, 0.3) is 0 Å². The molecule has 0 aromatic carbocycles. The van der Waals surface area contributed by atoms with Crippen LogP contribution in [0.15, 0.2) is 23.8 Å². The summed E-state index contributed by atoms with van der Waals surface area (Å²) in [5.41, 5.74) is -2.69. The van der Waals surface area contributed by atoms with Crippen LogP contribution in [-0.4, -0.2) is 58.1 Å². The second kappa shape index (κ2) is 7.87. The molecule has 2 N–H and O–H groups in total. The average Bonchev–Trinajstić information content (AvgIpc) is 2.94. The van der Waals surface area contributed by atoms with E-state index in [0.29, 0.717) is 12.8 Å². The SMILES string of the molecule is CC(=O)OCC(=O)[C@]1(O)[C@H](OC(C)=O)C[C@@H]2[C@H]3CCC4=CC(=O)C=C[C@]4(C)[C@@H]3[C@@H](O)C[C@@]21C. The summed E-state index contributed by atoms with van der Waals surface area (Å²) in [6, 6.07) is 0. The maximum Gasteiger partial charge on any atom is 0.303 e. The highest BCUT2D eigenvalue weighted by atomic mass is 16.6. The number of hydrogen-bond acceptors (Lipinski definition) is 8. The summed E-state index contributed by atoms with van der Waals surface area (Å²) in [6.07, 6.45) is 4.86. The third kappa shape index (κ3) is 3.41. The first-order chi connectivity index (χ1) is 15.3. The van der Waals surface area contributed by atoms with Gasteiger partial charge in [-0.1, -0.05) is 25.5 Å². The molecular weight excluding hydrogens is 428 g/mol. The lowest BCUT2D eigenvalue weighted by Crippen LogP contribution is -2.64. The molecule has 0 saturated heterocycles. The number of aliphatic hydroxyl groups is 2. The van der Waals surface area contributed by atoms with Gasteiger partial charge in [-0.3, -0.25) is 19.2 Å². The van der Waals surface area contributed by atoms with Crippen molar-refractivity contribution < 1.29 is 38.9 Å². The van der Waals surface area contributed by atoms with Crippen molar-refractivity contribution in [2.75, 3.05) is 6.61 Å². The Labute approximate surface area is 193 Å². The largest absolute Gasteiger partial charge is 0.459 e. The van der Waals surface area contributed by atoms with E-state index in [2.05, 4.69) is 0 Å². The first-order valence-corrected chi connectivity index (χ1v) is 11.5. The van der Waals surface area contributed by atoms with E-state index in [0.717, 1.165) is 5.57 Å². The highest BCUT2D eigenvalue weighted by Crippen LogP contribution is 2.67. The molecule has 33 heavy (non-hydrogen) atoms. The van der Waals surface area contributed by atoms with Crippen molar-refractivity contribution in [3.63, 3.8) is 0 Å². The number of fused-ring (bicyclic) bond motifs is 5. The van der Waals surface area contributed by atoms with Crippen molar-refractivity contribution in [3.8, 4) is 0 Å². The summed E-state index contributed by atoms with van der Waals surface area (Å²) in [6.45, 7) is 5.56. The molecule has 4 aliphatic rings. The smallest absolute Gasteiger partial charge is 0.303 e. The van der Waals surface area contributed by atoms with E-state index >= 15 is 0 Å². The lowest BCUT2D eigenvalue weighted by molar-refractivity contribution is -0.198. The minimum atomic E-state index is -2.10. The molecule has 0 aromatic heterocycles. The van der Waals surface area contributed by atoms with Gasteiger partial charge in [0, 0.05) is 30.6 Å². The van der Waals surface area contributed by atoms with E-state index in [1.165, 1.54) is 13.8 Å². The third-order valence-electron chi connectivity index (χ3n) is 8.83. The Hall–Kier alpha value is -2.32. The van der Waals surface area contributed by atoms with Gasteiger partial charge in [0.05, 0.1) is 6.10 Å². The molecule has 3 saturated carbocycles. The van der Waals surface area contributed by atoms with Crippen molar-refractivity contribution in [1.29, 1.82) is 0 Å². The Morgan fingerprint density at radius 2 is 1.88 bits per heavy atom. The van der Waals surface area contributed by atoms with Gasteiger partial charge in [0.15, 0.2) is 18.0 Å². The number of carbonyl (C=O) groups excluding carboxylic acids is 4. The second-order valence-electron chi connectivity index (χ2n) is 10.5. The van der Waals surface area contributed by atoms with E-state index in [1.54, 1.807) is 19.1 Å². The van der Waals surface area contributed by atoms with Gasteiger partial charge < -0.3 is 19.7 Å². The van der Waals surface area contributed by atoms with Gasteiger partial charge in [-0.05, 0) is 49.7 Å². The Kier molecular flexibility index (Phi) is 5.69. The molecule has 0 radical (unpaired) electrons. The molecule has 0 aliphatic heterocycles. The van der Waals surface area contributed by atoms with Crippen molar-refractivity contribution in [2.24, 2.45) is 28.6 Å². The number of aliphatic hydroxyl groups excluding tert-OH is 1. The second-order valence-corrected chi connectivity index (χ2v) is 10.5. The molecule has 8 heteroatoms. The number of allylic oxidation sites excluding steroid dienone is 4. The molecular formula is C25H32O8. The fourth-order valence-electron chi connectivity index (χ4n) is 7.42. The number of ether oxygens (including phenoxy) is 2. The van der Waals surface area contributed by atoms with Crippen LogP contribution in [0.5, 0.6) is 0 Å². The zero-order valence-corrected chi connectivity index (χ0v) is 19.5. The molecule has 0 unspecified atom stereocenters. The molecule has 4 aliphatic carbocycles.